The molecule has 0 spiro atoms. The molecule has 0 saturated heterocycles. The van der Waals surface area contributed by atoms with Crippen molar-refractivity contribution >= 4 is 49.9 Å². The predicted molar refractivity (Wildman–Crippen MR) is 138 cm³/mol. The third-order valence-electron chi connectivity index (χ3n) is 5.31. The molecule has 3 N–H and O–H groups in total. The molecule has 0 fully saturated rings. The number of rotatable bonds is 6. The lowest BCUT2D eigenvalue weighted by atomic mass is 10.1. The van der Waals surface area contributed by atoms with Crippen LogP contribution in [0.2, 0.25) is 5.02 Å². The van der Waals surface area contributed by atoms with Gasteiger partial charge in [0.15, 0.2) is 0 Å². The van der Waals surface area contributed by atoms with Crippen molar-refractivity contribution in [3.05, 3.63) is 108 Å². The zero-order valence-corrected chi connectivity index (χ0v) is 19.8. The number of nitrogens with one attached hydrogen (secondary N) is 3. The maximum atomic E-state index is 12.8. The molecule has 174 valence electrons. The first-order valence-corrected chi connectivity index (χ1v) is 12.5. The van der Waals surface area contributed by atoms with E-state index in [1.165, 1.54) is 30.3 Å². The van der Waals surface area contributed by atoms with Gasteiger partial charge in [-0.1, -0.05) is 29.8 Å². The van der Waals surface area contributed by atoms with Crippen LogP contribution < -0.4 is 10.0 Å². The van der Waals surface area contributed by atoms with Gasteiger partial charge in [0.25, 0.3) is 15.9 Å². The van der Waals surface area contributed by atoms with Crippen molar-refractivity contribution in [1.82, 2.24) is 9.97 Å². The van der Waals surface area contributed by atoms with E-state index in [2.05, 4.69) is 20.0 Å². The number of imidazole rings is 1. The van der Waals surface area contributed by atoms with Crippen LogP contribution >= 0.6 is 11.6 Å². The van der Waals surface area contributed by atoms with Crippen molar-refractivity contribution in [1.29, 1.82) is 0 Å². The highest BCUT2D eigenvalue weighted by Crippen LogP contribution is 2.23. The Bertz CT molecular complexity index is 1600. The number of H-pyrrole nitrogens is 1. The van der Waals surface area contributed by atoms with E-state index in [9.17, 15) is 13.2 Å². The van der Waals surface area contributed by atoms with Gasteiger partial charge in [0.05, 0.1) is 15.9 Å². The fourth-order valence-electron chi connectivity index (χ4n) is 3.56. The number of aromatic amines is 1. The second kappa shape index (κ2) is 9.25. The summed E-state index contributed by atoms with van der Waals surface area (Å²) in [5, 5.41) is 3.27. The molecule has 0 unspecified atom stereocenters. The number of carbonyl (C=O) groups is 1. The molecule has 0 aliphatic heterocycles. The molecule has 4 aromatic carbocycles. The number of sulfonamides is 1. The van der Waals surface area contributed by atoms with Gasteiger partial charge in [0.1, 0.15) is 5.82 Å². The largest absolute Gasteiger partial charge is 0.338 e. The highest BCUT2D eigenvalue weighted by atomic mass is 35.5. The number of fused-ring (bicyclic) bond motifs is 1. The van der Waals surface area contributed by atoms with Gasteiger partial charge in [0, 0.05) is 27.5 Å². The number of hydrogen-bond acceptors (Lipinski definition) is 4. The summed E-state index contributed by atoms with van der Waals surface area (Å²) in [4.78, 5) is 20.7. The van der Waals surface area contributed by atoms with E-state index >= 15 is 0 Å². The standard InChI is InChI=1S/C26H19ClN4O3S/c27-19-10-14-22(15-11-19)35(33,34)31-21-5-3-4-18(16-21)26(32)28-20-12-8-17(9-13-20)25-29-23-6-1-2-7-24(23)30-25/h1-16,31H,(H,28,32)(H,29,30). The molecular weight excluding hydrogens is 484 g/mol. The summed E-state index contributed by atoms with van der Waals surface area (Å²) in [5.41, 5.74) is 3.90. The quantitative estimate of drug-likeness (QED) is 0.267. The second-order valence-corrected chi connectivity index (χ2v) is 9.89. The Balaban J connectivity index is 1.29. The molecule has 0 saturated carbocycles. The second-order valence-electron chi connectivity index (χ2n) is 7.77. The lowest BCUT2D eigenvalue weighted by molar-refractivity contribution is 0.102. The Morgan fingerprint density at radius 1 is 0.829 bits per heavy atom. The Kier molecular flexibility index (Phi) is 5.98. The van der Waals surface area contributed by atoms with E-state index in [4.69, 9.17) is 11.6 Å². The molecule has 0 radical (unpaired) electrons. The van der Waals surface area contributed by atoms with E-state index in [1.807, 2.05) is 36.4 Å². The molecule has 0 bridgehead atoms. The molecule has 0 aliphatic rings. The van der Waals surface area contributed by atoms with E-state index in [0.29, 0.717) is 16.3 Å². The van der Waals surface area contributed by atoms with Crippen molar-refractivity contribution < 1.29 is 13.2 Å². The highest BCUT2D eigenvalue weighted by molar-refractivity contribution is 7.92. The molecule has 9 heteroatoms. The van der Waals surface area contributed by atoms with Gasteiger partial charge < -0.3 is 10.3 Å². The number of anilines is 2. The number of hydrogen-bond donors (Lipinski definition) is 3. The maximum absolute atomic E-state index is 12.8. The van der Waals surface area contributed by atoms with Crippen molar-refractivity contribution in [2.75, 3.05) is 10.0 Å². The van der Waals surface area contributed by atoms with Gasteiger partial charge in [-0.3, -0.25) is 9.52 Å². The first-order chi connectivity index (χ1) is 16.9. The minimum Gasteiger partial charge on any atom is -0.338 e. The summed E-state index contributed by atoms with van der Waals surface area (Å²) < 4.78 is 27.7. The van der Waals surface area contributed by atoms with Crippen LogP contribution in [0.15, 0.2) is 102 Å². The fourth-order valence-corrected chi connectivity index (χ4v) is 4.73. The van der Waals surface area contributed by atoms with Gasteiger partial charge in [0.2, 0.25) is 0 Å². The molecule has 1 aromatic heterocycles. The number of halogens is 1. The molecule has 7 nitrogen and oxygen atoms in total. The number of carbonyl (C=O) groups excluding carboxylic acids is 1. The number of para-hydroxylation sites is 2. The average Bonchev–Trinajstić information content (AvgIpc) is 3.29. The predicted octanol–water partition coefficient (Wildman–Crippen LogP) is 5.94. The maximum Gasteiger partial charge on any atom is 0.261 e. The van der Waals surface area contributed by atoms with Crippen LogP contribution in [0.3, 0.4) is 0 Å². The minimum absolute atomic E-state index is 0.0706. The Hall–Kier alpha value is -4.14. The minimum atomic E-state index is -3.82. The summed E-state index contributed by atoms with van der Waals surface area (Å²) in [6.07, 6.45) is 0. The molecule has 1 heterocycles. The van der Waals surface area contributed by atoms with Gasteiger partial charge in [-0.25, -0.2) is 13.4 Å². The fraction of sp³-hybridized carbons (Fsp3) is 0. The Morgan fingerprint density at radius 2 is 1.57 bits per heavy atom. The Labute approximate surface area is 206 Å². The van der Waals surface area contributed by atoms with E-state index in [1.54, 1.807) is 30.3 Å². The van der Waals surface area contributed by atoms with Gasteiger partial charge in [-0.05, 0) is 78.9 Å². The summed E-state index contributed by atoms with van der Waals surface area (Å²) in [7, 11) is -3.82. The van der Waals surface area contributed by atoms with Crippen molar-refractivity contribution in [2.45, 2.75) is 4.90 Å². The van der Waals surface area contributed by atoms with Crippen molar-refractivity contribution in [3.8, 4) is 11.4 Å². The van der Waals surface area contributed by atoms with Gasteiger partial charge in [-0.15, -0.1) is 0 Å². The summed E-state index contributed by atoms with van der Waals surface area (Å²) in [6, 6.07) is 27.2. The van der Waals surface area contributed by atoms with Crippen molar-refractivity contribution in [3.63, 3.8) is 0 Å². The highest BCUT2D eigenvalue weighted by Gasteiger charge is 2.15. The van der Waals surface area contributed by atoms with Crippen LogP contribution in [0.1, 0.15) is 10.4 Å². The lowest BCUT2D eigenvalue weighted by Crippen LogP contribution is -2.15. The monoisotopic (exact) mass is 502 g/mol. The number of nitrogens with zero attached hydrogens (tertiary/aromatic N) is 1. The van der Waals surface area contributed by atoms with Crippen LogP contribution in [-0.2, 0) is 10.0 Å². The normalized spacial score (nSPS) is 11.3. The van der Waals surface area contributed by atoms with Crippen LogP contribution in [-0.4, -0.2) is 24.3 Å². The molecule has 5 aromatic rings. The van der Waals surface area contributed by atoms with Crippen LogP contribution in [0, 0.1) is 0 Å². The molecule has 35 heavy (non-hydrogen) atoms. The van der Waals surface area contributed by atoms with Gasteiger partial charge in [-0.2, -0.15) is 0 Å². The smallest absolute Gasteiger partial charge is 0.261 e. The number of benzene rings is 4. The Morgan fingerprint density at radius 3 is 2.31 bits per heavy atom. The zero-order valence-electron chi connectivity index (χ0n) is 18.2. The lowest BCUT2D eigenvalue weighted by Gasteiger charge is -2.10. The number of amides is 1. The molecule has 5 rings (SSSR count). The van der Waals surface area contributed by atoms with E-state index < -0.39 is 10.0 Å². The first-order valence-electron chi connectivity index (χ1n) is 10.6. The summed E-state index contributed by atoms with van der Waals surface area (Å²) in [6.45, 7) is 0. The molecule has 0 atom stereocenters. The molecule has 1 amide bonds. The van der Waals surface area contributed by atoms with Gasteiger partial charge >= 0.3 is 0 Å². The van der Waals surface area contributed by atoms with Crippen LogP contribution in [0.5, 0.6) is 0 Å². The third kappa shape index (κ3) is 5.03. The third-order valence-corrected chi connectivity index (χ3v) is 6.96. The van der Waals surface area contributed by atoms with E-state index in [-0.39, 0.29) is 16.5 Å². The summed E-state index contributed by atoms with van der Waals surface area (Å²) in [5.74, 6) is 0.374. The van der Waals surface area contributed by atoms with Crippen LogP contribution in [0.25, 0.3) is 22.4 Å². The molecule has 0 aliphatic carbocycles. The van der Waals surface area contributed by atoms with E-state index in [0.717, 1.165) is 22.4 Å². The topological polar surface area (TPSA) is 104 Å². The van der Waals surface area contributed by atoms with Crippen molar-refractivity contribution in [2.24, 2.45) is 0 Å². The van der Waals surface area contributed by atoms with Crippen LogP contribution in [0.4, 0.5) is 11.4 Å². The number of aromatic nitrogens is 2. The summed E-state index contributed by atoms with van der Waals surface area (Å²) >= 11 is 5.84. The first kappa shape index (κ1) is 22.6. The average molecular weight is 503 g/mol. The molecular formula is C26H19ClN4O3S. The zero-order chi connectivity index (χ0) is 24.4. The SMILES string of the molecule is O=C(Nc1ccc(-c2nc3ccccc3[nH]2)cc1)c1cccc(NS(=O)(=O)c2ccc(Cl)cc2)c1.